The van der Waals surface area contributed by atoms with E-state index < -0.39 is 0 Å². The minimum absolute atomic E-state index is 0.0294. The molecule has 0 bridgehead atoms. The number of nitrogens with zero attached hydrogens (tertiary/aromatic N) is 2. The van der Waals surface area contributed by atoms with Crippen molar-refractivity contribution in [3.05, 3.63) is 127 Å². The molecule has 1 aliphatic heterocycles. The fraction of sp³-hybridized carbons (Fsp3) is 0.0968. The van der Waals surface area contributed by atoms with E-state index in [0.29, 0.717) is 0 Å². The molecule has 5 aromatic rings. The Morgan fingerprint density at radius 1 is 0.667 bits per heavy atom. The van der Waals surface area contributed by atoms with Crippen molar-refractivity contribution in [3.63, 3.8) is 0 Å². The van der Waals surface area contributed by atoms with Crippen LogP contribution in [-0.2, 0) is 5.41 Å². The molecule has 0 N–H and O–H groups in total. The standard InChI is InChI=1S/C31H24N2/c1-31-20-10-9-17-30(31)33(29-16-8-6-14-26(29)31)23-18-19-28-25(21-23)24-13-5-7-15-27(24)32(28)22-11-3-2-4-12-22/h2-21,30H,1H3. The predicted octanol–water partition coefficient (Wildman–Crippen LogP) is 7.69. The third-order valence-electron chi connectivity index (χ3n) is 7.43. The first-order valence-electron chi connectivity index (χ1n) is 11.6. The maximum atomic E-state index is 2.52. The monoisotopic (exact) mass is 424 g/mol. The average Bonchev–Trinajstić information content (AvgIpc) is 3.34. The molecule has 2 heterocycles. The Morgan fingerprint density at radius 2 is 1.42 bits per heavy atom. The molecule has 158 valence electrons. The van der Waals surface area contributed by atoms with Gasteiger partial charge < -0.3 is 9.47 Å². The summed E-state index contributed by atoms with van der Waals surface area (Å²) >= 11 is 0. The van der Waals surface area contributed by atoms with Crippen LogP contribution in [0.1, 0.15) is 12.5 Å². The van der Waals surface area contributed by atoms with E-state index in [-0.39, 0.29) is 11.5 Å². The van der Waals surface area contributed by atoms with Gasteiger partial charge in [-0.2, -0.15) is 0 Å². The summed E-state index contributed by atoms with van der Waals surface area (Å²) in [4.78, 5) is 2.52. The van der Waals surface area contributed by atoms with Gasteiger partial charge in [0, 0.05) is 33.2 Å². The number of hydrogen-bond donors (Lipinski definition) is 0. The van der Waals surface area contributed by atoms with Gasteiger partial charge in [-0.3, -0.25) is 0 Å². The molecule has 1 aliphatic carbocycles. The molecule has 7 rings (SSSR count). The lowest BCUT2D eigenvalue weighted by molar-refractivity contribution is 0.551. The Bertz CT molecular complexity index is 1590. The Hall–Kier alpha value is -4.04. The number of anilines is 2. The Kier molecular flexibility index (Phi) is 3.78. The summed E-state index contributed by atoms with van der Waals surface area (Å²) in [5.74, 6) is 0. The molecular weight excluding hydrogens is 400 g/mol. The second kappa shape index (κ2) is 6.73. The molecule has 0 fully saturated rings. The van der Waals surface area contributed by atoms with Gasteiger partial charge in [0.2, 0.25) is 0 Å². The SMILES string of the molecule is CC12C=CC=CC1N(c1ccc3c(c1)c1ccccc1n3-c1ccccc1)c1ccccc12. The van der Waals surface area contributed by atoms with Gasteiger partial charge in [0.25, 0.3) is 0 Å². The first-order chi connectivity index (χ1) is 16.3. The van der Waals surface area contributed by atoms with E-state index in [2.05, 4.69) is 138 Å². The Morgan fingerprint density at radius 3 is 2.33 bits per heavy atom. The molecule has 33 heavy (non-hydrogen) atoms. The summed E-state index contributed by atoms with van der Waals surface area (Å²) in [6.07, 6.45) is 9.08. The quantitative estimate of drug-likeness (QED) is 0.282. The van der Waals surface area contributed by atoms with Crippen molar-refractivity contribution < 1.29 is 0 Å². The summed E-state index contributed by atoms with van der Waals surface area (Å²) < 4.78 is 2.37. The number of allylic oxidation sites excluding steroid dienone is 2. The number of rotatable bonds is 2. The van der Waals surface area contributed by atoms with E-state index in [0.717, 1.165) is 0 Å². The molecule has 0 amide bonds. The number of benzene rings is 4. The topological polar surface area (TPSA) is 8.17 Å². The lowest BCUT2D eigenvalue weighted by Crippen LogP contribution is -2.39. The van der Waals surface area contributed by atoms with Crippen LogP contribution in [0, 0.1) is 0 Å². The van der Waals surface area contributed by atoms with Gasteiger partial charge >= 0.3 is 0 Å². The molecule has 1 aromatic heterocycles. The normalized spacial score (nSPS) is 21.0. The van der Waals surface area contributed by atoms with E-state index in [1.54, 1.807) is 0 Å². The third-order valence-corrected chi connectivity index (χ3v) is 7.43. The van der Waals surface area contributed by atoms with Crippen LogP contribution in [0.3, 0.4) is 0 Å². The van der Waals surface area contributed by atoms with Crippen LogP contribution in [0.4, 0.5) is 11.4 Å². The van der Waals surface area contributed by atoms with Crippen molar-refractivity contribution in [1.29, 1.82) is 0 Å². The number of para-hydroxylation sites is 3. The zero-order valence-electron chi connectivity index (χ0n) is 18.5. The van der Waals surface area contributed by atoms with Gasteiger partial charge in [0.15, 0.2) is 0 Å². The number of fused-ring (bicyclic) bond motifs is 6. The molecule has 2 atom stereocenters. The highest BCUT2D eigenvalue weighted by molar-refractivity contribution is 6.10. The first kappa shape index (κ1) is 18.5. The summed E-state index contributed by atoms with van der Waals surface area (Å²) in [7, 11) is 0. The average molecular weight is 425 g/mol. The molecule has 0 saturated heterocycles. The van der Waals surface area contributed by atoms with Gasteiger partial charge in [-0.25, -0.2) is 0 Å². The number of aromatic nitrogens is 1. The van der Waals surface area contributed by atoms with Gasteiger partial charge in [0.05, 0.1) is 17.1 Å². The van der Waals surface area contributed by atoms with Crippen LogP contribution in [-0.4, -0.2) is 10.6 Å². The van der Waals surface area contributed by atoms with Crippen molar-refractivity contribution in [1.82, 2.24) is 4.57 Å². The van der Waals surface area contributed by atoms with Gasteiger partial charge in [-0.1, -0.05) is 78.9 Å². The van der Waals surface area contributed by atoms with Crippen molar-refractivity contribution in [2.45, 2.75) is 18.4 Å². The maximum Gasteiger partial charge on any atom is 0.0655 e. The zero-order valence-corrected chi connectivity index (χ0v) is 18.5. The Labute approximate surface area is 193 Å². The van der Waals surface area contributed by atoms with Crippen LogP contribution < -0.4 is 4.90 Å². The van der Waals surface area contributed by atoms with Gasteiger partial charge in [-0.05, 0) is 55.0 Å². The van der Waals surface area contributed by atoms with E-state index in [9.17, 15) is 0 Å². The lowest BCUT2D eigenvalue weighted by atomic mass is 9.76. The summed E-state index contributed by atoms with van der Waals surface area (Å²) in [5.41, 5.74) is 7.56. The van der Waals surface area contributed by atoms with Crippen LogP contribution >= 0.6 is 0 Å². The zero-order chi connectivity index (χ0) is 22.0. The molecule has 0 spiro atoms. The van der Waals surface area contributed by atoms with E-state index in [1.807, 2.05) is 0 Å². The second-order valence-corrected chi connectivity index (χ2v) is 9.25. The first-order valence-corrected chi connectivity index (χ1v) is 11.6. The third kappa shape index (κ3) is 2.49. The van der Waals surface area contributed by atoms with Crippen molar-refractivity contribution in [2.24, 2.45) is 0 Å². The van der Waals surface area contributed by atoms with Gasteiger partial charge in [-0.15, -0.1) is 0 Å². The van der Waals surface area contributed by atoms with E-state index >= 15 is 0 Å². The smallest absolute Gasteiger partial charge is 0.0655 e. The van der Waals surface area contributed by atoms with E-state index in [1.165, 1.54) is 44.4 Å². The largest absolute Gasteiger partial charge is 0.333 e. The molecule has 0 saturated carbocycles. The van der Waals surface area contributed by atoms with Crippen molar-refractivity contribution in [3.8, 4) is 5.69 Å². The number of hydrogen-bond acceptors (Lipinski definition) is 1. The molecule has 2 heteroatoms. The predicted molar refractivity (Wildman–Crippen MR) is 139 cm³/mol. The molecule has 0 radical (unpaired) electrons. The van der Waals surface area contributed by atoms with E-state index in [4.69, 9.17) is 0 Å². The molecule has 2 unspecified atom stereocenters. The minimum Gasteiger partial charge on any atom is -0.333 e. The fourth-order valence-electron chi connectivity index (χ4n) is 5.88. The highest BCUT2D eigenvalue weighted by Crippen LogP contribution is 2.51. The lowest BCUT2D eigenvalue weighted by Gasteiger charge is -2.34. The molecule has 2 nitrogen and oxygen atoms in total. The van der Waals surface area contributed by atoms with Gasteiger partial charge in [0.1, 0.15) is 0 Å². The molecular formula is C31H24N2. The van der Waals surface area contributed by atoms with Crippen LogP contribution in [0.15, 0.2) is 121 Å². The van der Waals surface area contributed by atoms with Crippen LogP contribution in [0.25, 0.3) is 27.5 Å². The second-order valence-electron chi connectivity index (χ2n) is 9.25. The van der Waals surface area contributed by atoms with Crippen LogP contribution in [0.2, 0.25) is 0 Å². The van der Waals surface area contributed by atoms with Crippen LogP contribution in [0.5, 0.6) is 0 Å². The summed E-state index contributed by atoms with van der Waals surface area (Å²) in [6.45, 7) is 2.36. The minimum atomic E-state index is -0.0294. The fourth-order valence-corrected chi connectivity index (χ4v) is 5.88. The molecule has 2 aliphatic rings. The summed E-state index contributed by atoms with van der Waals surface area (Å²) in [6, 6.07) is 35.5. The Balaban J connectivity index is 1.49. The van der Waals surface area contributed by atoms with Crippen molar-refractivity contribution in [2.75, 3.05) is 4.90 Å². The highest BCUT2D eigenvalue weighted by atomic mass is 15.2. The maximum absolute atomic E-state index is 2.52. The summed E-state index contributed by atoms with van der Waals surface area (Å²) in [5, 5.41) is 2.57. The molecule has 4 aromatic carbocycles. The highest BCUT2D eigenvalue weighted by Gasteiger charge is 2.46. The van der Waals surface area contributed by atoms with Crippen molar-refractivity contribution >= 4 is 33.2 Å².